The van der Waals surface area contributed by atoms with Gasteiger partial charge in [-0.25, -0.2) is 4.68 Å². The molecule has 2 bridgehead atoms. The van der Waals surface area contributed by atoms with E-state index >= 15 is 0 Å². The molecule has 14 heteroatoms. The summed E-state index contributed by atoms with van der Waals surface area (Å²) < 4.78 is 14.3. The van der Waals surface area contributed by atoms with Crippen LogP contribution in [0, 0.1) is 11.8 Å². The maximum absolute atomic E-state index is 14.6. The second-order valence-corrected chi connectivity index (χ2v) is 13.6. The van der Waals surface area contributed by atoms with Crippen LogP contribution in [0.2, 0.25) is 0 Å². The molecule has 1 spiro atoms. The number of β-amino-alcohol motifs (C(OH)–C–C–N with tert-alkyl or cyclic N) is 1. The summed E-state index contributed by atoms with van der Waals surface area (Å²) in [5, 5.41) is 21.3. The van der Waals surface area contributed by atoms with Crippen LogP contribution >= 0.6 is 15.9 Å². The molecule has 0 saturated carbocycles. The third-order valence-electron chi connectivity index (χ3n) is 9.51. The largest absolute Gasteiger partial charge is 0.455 e. The Hall–Kier alpha value is -4.40. The first kappa shape index (κ1) is 34.5. The van der Waals surface area contributed by atoms with Gasteiger partial charge in [-0.2, -0.15) is 0 Å². The number of aromatic nitrogens is 3. The third kappa shape index (κ3) is 6.40. The first-order valence-electron chi connectivity index (χ1n) is 16.3. The minimum atomic E-state index is -1.36. The number of esters is 1. The van der Waals surface area contributed by atoms with Gasteiger partial charge in [0.15, 0.2) is 0 Å². The summed E-state index contributed by atoms with van der Waals surface area (Å²) in [7, 11) is 0. The van der Waals surface area contributed by atoms with Gasteiger partial charge < -0.3 is 29.7 Å². The lowest BCUT2D eigenvalue weighted by atomic mass is 9.70. The SMILES string of the molecule is C=CCCC(=O)NC[C@@H](OC(=O)[C@@H]1[C@H]2O[C@@]3(CC2Br)[C@H](C(=O)N(CC=C)Cn2nnc4ccccc42)N(CCO)C(=O)[C@@H]13)c1ccccc1. The van der Waals surface area contributed by atoms with Gasteiger partial charge >= 0.3 is 5.97 Å². The molecule has 3 fully saturated rings. The van der Waals surface area contributed by atoms with Gasteiger partial charge in [0.1, 0.15) is 29.9 Å². The highest BCUT2D eigenvalue weighted by Gasteiger charge is 2.77. The van der Waals surface area contributed by atoms with Crippen molar-refractivity contribution in [1.82, 2.24) is 30.1 Å². The molecule has 3 aromatic rings. The molecular formula is C35H39BrN6O7. The lowest BCUT2D eigenvalue weighted by Crippen LogP contribution is -2.57. The summed E-state index contributed by atoms with van der Waals surface area (Å²) in [5.41, 5.74) is 0.692. The molecular weight excluding hydrogens is 696 g/mol. The lowest BCUT2D eigenvalue weighted by molar-refractivity contribution is -0.160. The number of carbonyl (C=O) groups is 4. The van der Waals surface area contributed by atoms with Crippen molar-refractivity contribution >= 4 is 50.7 Å². The zero-order valence-electron chi connectivity index (χ0n) is 26.9. The van der Waals surface area contributed by atoms with E-state index in [1.165, 1.54) is 9.80 Å². The fraction of sp³-hybridized carbons (Fsp3) is 0.429. The molecule has 0 radical (unpaired) electrons. The Morgan fingerprint density at radius 2 is 1.92 bits per heavy atom. The van der Waals surface area contributed by atoms with Crippen molar-refractivity contribution in [2.45, 2.75) is 54.6 Å². The van der Waals surface area contributed by atoms with Crippen molar-refractivity contribution in [1.29, 1.82) is 0 Å². The number of amides is 3. The molecule has 7 atom stereocenters. The van der Waals surface area contributed by atoms with Crippen molar-refractivity contribution in [2.75, 3.05) is 26.2 Å². The van der Waals surface area contributed by atoms with Crippen LogP contribution < -0.4 is 5.32 Å². The number of para-hydroxylation sites is 1. The minimum absolute atomic E-state index is 0.0215. The number of ether oxygens (including phenoxy) is 2. The van der Waals surface area contributed by atoms with E-state index in [4.69, 9.17) is 9.47 Å². The number of hydrogen-bond acceptors (Lipinski definition) is 9. The van der Waals surface area contributed by atoms with Gasteiger partial charge in [0.25, 0.3) is 0 Å². The van der Waals surface area contributed by atoms with Gasteiger partial charge in [-0.05, 0) is 30.5 Å². The lowest BCUT2D eigenvalue weighted by Gasteiger charge is -2.36. The Balaban J connectivity index is 1.29. The van der Waals surface area contributed by atoms with Crippen LogP contribution in [0.15, 0.2) is 79.9 Å². The Kier molecular flexibility index (Phi) is 10.3. The van der Waals surface area contributed by atoms with Crippen LogP contribution in [0.5, 0.6) is 0 Å². The summed E-state index contributed by atoms with van der Waals surface area (Å²) in [6.45, 7) is 7.14. The van der Waals surface area contributed by atoms with E-state index in [2.05, 4.69) is 44.7 Å². The number of carbonyl (C=O) groups excluding carboxylic acids is 4. The fourth-order valence-corrected chi connectivity index (χ4v) is 8.34. The quantitative estimate of drug-likeness (QED) is 0.136. The number of fused-ring (bicyclic) bond motifs is 2. The van der Waals surface area contributed by atoms with E-state index in [1.807, 2.05) is 30.3 Å². The smallest absolute Gasteiger partial charge is 0.313 e. The Morgan fingerprint density at radius 1 is 1.16 bits per heavy atom. The number of aliphatic hydroxyl groups is 1. The van der Waals surface area contributed by atoms with E-state index in [9.17, 15) is 24.3 Å². The van der Waals surface area contributed by atoms with E-state index in [-0.39, 0.29) is 49.9 Å². The highest BCUT2D eigenvalue weighted by Crippen LogP contribution is 2.60. The second kappa shape index (κ2) is 14.6. The van der Waals surface area contributed by atoms with Crippen LogP contribution in [-0.4, -0.2) is 102 Å². The maximum Gasteiger partial charge on any atom is 0.313 e. The van der Waals surface area contributed by atoms with E-state index in [0.29, 0.717) is 17.5 Å². The van der Waals surface area contributed by atoms with Crippen molar-refractivity contribution in [3.63, 3.8) is 0 Å². The molecule has 3 aliphatic heterocycles. The molecule has 13 nitrogen and oxygen atoms in total. The third-order valence-corrected chi connectivity index (χ3v) is 10.4. The monoisotopic (exact) mass is 734 g/mol. The Labute approximate surface area is 292 Å². The molecule has 3 aliphatic rings. The standard InChI is InChI=1S/C35H39BrN6O7/c1-3-5-15-27(44)37-20-26(22-11-7-6-8-12-22)48-34(47)28-29-32(45)41(17-18-43)31(35(29)19-23(36)30(28)49-35)33(46)40(16-4-2)21-42-25-14-10-9-13-24(25)38-39-42/h3-4,6-14,23,26,28-31,43H,1-2,5,15-21H2,(H,37,44)/t23?,26-,28+,29-,30+,31+,35-/m1/s1. The average molecular weight is 736 g/mol. The predicted molar refractivity (Wildman–Crippen MR) is 182 cm³/mol. The summed E-state index contributed by atoms with van der Waals surface area (Å²) in [4.78, 5) is 58.0. The molecule has 1 unspecified atom stereocenters. The number of allylic oxidation sites excluding steroid dienone is 1. The number of aliphatic hydroxyl groups excluding tert-OH is 1. The van der Waals surface area contributed by atoms with Crippen molar-refractivity contribution < 1.29 is 33.8 Å². The van der Waals surface area contributed by atoms with Crippen LogP contribution in [-0.2, 0) is 35.3 Å². The van der Waals surface area contributed by atoms with Crippen LogP contribution in [0.25, 0.3) is 11.0 Å². The number of hydrogen-bond donors (Lipinski definition) is 2. The van der Waals surface area contributed by atoms with E-state index in [1.54, 1.807) is 41.1 Å². The molecule has 6 rings (SSSR count). The molecule has 2 aromatic carbocycles. The van der Waals surface area contributed by atoms with Gasteiger partial charge in [0.2, 0.25) is 17.7 Å². The molecule has 4 heterocycles. The zero-order chi connectivity index (χ0) is 34.7. The van der Waals surface area contributed by atoms with Crippen molar-refractivity contribution in [2.24, 2.45) is 11.8 Å². The Morgan fingerprint density at radius 3 is 2.65 bits per heavy atom. The van der Waals surface area contributed by atoms with Gasteiger partial charge in [0, 0.05) is 24.3 Å². The van der Waals surface area contributed by atoms with Gasteiger partial charge in [-0.15, -0.1) is 18.3 Å². The topological polar surface area (TPSA) is 156 Å². The number of nitrogens with one attached hydrogen (secondary N) is 1. The van der Waals surface area contributed by atoms with Gasteiger partial charge in [0.05, 0.1) is 36.6 Å². The highest BCUT2D eigenvalue weighted by atomic mass is 79.9. The molecule has 0 aliphatic carbocycles. The van der Waals surface area contributed by atoms with Crippen molar-refractivity contribution in [3.05, 3.63) is 85.5 Å². The van der Waals surface area contributed by atoms with Gasteiger partial charge in [-0.1, -0.05) is 75.8 Å². The van der Waals surface area contributed by atoms with Gasteiger partial charge in [-0.3, -0.25) is 19.2 Å². The summed E-state index contributed by atoms with van der Waals surface area (Å²) >= 11 is 3.68. The summed E-state index contributed by atoms with van der Waals surface area (Å²) in [5.74, 6) is -3.85. The molecule has 258 valence electrons. The number of alkyl halides is 1. The summed E-state index contributed by atoms with van der Waals surface area (Å²) in [6.07, 6.45) is 2.68. The van der Waals surface area contributed by atoms with E-state index < -0.39 is 60.1 Å². The number of rotatable bonds is 15. The predicted octanol–water partition coefficient (Wildman–Crippen LogP) is 2.51. The van der Waals surface area contributed by atoms with Crippen LogP contribution in [0.1, 0.15) is 30.9 Å². The molecule has 3 saturated heterocycles. The first-order valence-corrected chi connectivity index (χ1v) is 17.2. The van der Waals surface area contributed by atoms with Crippen LogP contribution in [0.3, 0.4) is 0 Å². The highest BCUT2D eigenvalue weighted by molar-refractivity contribution is 9.09. The zero-order valence-corrected chi connectivity index (χ0v) is 28.5. The Bertz CT molecular complexity index is 1740. The number of benzene rings is 2. The first-order chi connectivity index (χ1) is 23.7. The molecule has 3 amide bonds. The molecule has 49 heavy (non-hydrogen) atoms. The molecule has 2 N–H and O–H groups in total. The number of nitrogens with zero attached hydrogens (tertiary/aromatic N) is 5. The molecule has 1 aromatic heterocycles. The summed E-state index contributed by atoms with van der Waals surface area (Å²) in [6, 6.07) is 15.3. The van der Waals surface area contributed by atoms with Crippen molar-refractivity contribution in [3.8, 4) is 0 Å². The van der Waals surface area contributed by atoms with Crippen LogP contribution in [0.4, 0.5) is 0 Å². The maximum atomic E-state index is 14.6. The van der Waals surface area contributed by atoms with E-state index in [0.717, 1.165) is 5.52 Å². The number of likely N-dealkylation sites (tertiary alicyclic amines) is 1. The number of halogens is 1. The minimum Gasteiger partial charge on any atom is -0.455 e. The average Bonchev–Trinajstić information content (AvgIpc) is 3.83. The second-order valence-electron chi connectivity index (χ2n) is 12.5. The normalized spacial score (nSPS) is 26.0. The fourth-order valence-electron chi connectivity index (χ4n) is 7.40.